The maximum absolute atomic E-state index is 13.7. The van der Waals surface area contributed by atoms with Gasteiger partial charge in [-0.3, -0.25) is 4.79 Å². The van der Waals surface area contributed by atoms with Gasteiger partial charge in [-0.25, -0.2) is 9.18 Å². The summed E-state index contributed by atoms with van der Waals surface area (Å²) in [4.78, 5) is 23.3. The van der Waals surface area contributed by atoms with Crippen molar-refractivity contribution in [2.45, 2.75) is 31.7 Å². The Kier molecular flexibility index (Phi) is 5.14. The van der Waals surface area contributed by atoms with Crippen LogP contribution in [0.2, 0.25) is 0 Å². The number of nitrogens with one attached hydrogen (secondary N) is 1. The number of hydrogen-bond donors (Lipinski definition) is 1. The molecule has 6 heteroatoms. The highest BCUT2D eigenvalue weighted by Crippen LogP contribution is 2.18. The van der Waals surface area contributed by atoms with Crippen LogP contribution < -0.4 is 10.1 Å². The van der Waals surface area contributed by atoms with Gasteiger partial charge in [-0.05, 0) is 25.0 Å². The van der Waals surface area contributed by atoms with Crippen LogP contribution in [0.15, 0.2) is 18.2 Å². The standard InChI is InChI=1S/C15H18FNO4/c1-20-11-6-7-12(13(16)8-11)15(19)21-9-14(18)17-10-4-2-3-5-10/h6-8,10H,2-5,9H2,1H3,(H,17,18). The van der Waals surface area contributed by atoms with Crippen molar-refractivity contribution in [1.82, 2.24) is 5.32 Å². The number of esters is 1. The fraction of sp³-hybridized carbons (Fsp3) is 0.467. The molecular weight excluding hydrogens is 277 g/mol. The number of benzene rings is 1. The molecule has 0 unspecified atom stereocenters. The van der Waals surface area contributed by atoms with E-state index >= 15 is 0 Å². The summed E-state index contributed by atoms with van der Waals surface area (Å²) in [6, 6.07) is 3.98. The molecular formula is C15H18FNO4. The molecule has 1 saturated carbocycles. The normalized spacial score (nSPS) is 14.8. The van der Waals surface area contributed by atoms with Crippen LogP contribution in [0, 0.1) is 5.82 Å². The van der Waals surface area contributed by atoms with E-state index in [9.17, 15) is 14.0 Å². The van der Waals surface area contributed by atoms with Crippen LogP contribution in [0.25, 0.3) is 0 Å². The van der Waals surface area contributed by atoms with Gasteiger partial charge in [-0.1, -0.05) is 12.8 Å². The summed E-state index contributed by atoms with van der Waals surface area (Å²) in [6.45, 7) is -0.402. The monoisotopic (exact) mass is 295 g/mol. The highest BCUT2D eigenvalue weighted by atomic mass is 19.1. The van der Waals surface area contributed by atoms with Crippen LogP contribution in [0.3, 0.4) is 0 Å². The molecule has 0 aliphatic heterocycles. The van der Waals surface area contributed by atoms with E-state index in [1.807, 2.05) is 0 Å². The summed E-state index contributed by atoms with van der Waals surface area (Å²) in [5.74, 6) is -1.65. The van der Waals surface area contributed by atoms with Crippen molar-refractivity contribution in [3.63, 3.8) is 0 Å². The number of carbonyl (C=O) groups is 2. The van der Waals surface area contributed by atoms with Crippen molar-refractivity contribution in [3.05, 3.63) is 29.6 Å². The number of ether oxygens (including phenoxy) is 2. The second-order valence-electron chi connectivity index (χ2n) is 4.97. The van der Waals surface area contributed by atoms with Crippen LogP contribution in [-0.4, -0.2) is 31.6 Å². The van der Waals surface area contributed by atoms with Crippen molar-refractivity contribution in [3.8, 4) is 5.75 Å². The highest BCUT2D eigenvalue weighted by Gasteiger charge is 2.19. The first kappa shape index (κ1) is 15.3. The van der Waals surface area contributed by atoms with Crippen LogP contribution in [0.5, 0.6) is 5.75 Å². The molecule has 0 atom stereocenters. The Morgan fingerprint density at radius 2 is 2.05 bits per heavy atom. The van der Waals surface area contributed by atoms with Gasteiger partial charge < -0.3 is 14.8 Å². The first-order valence-corrected chi connectivity index (χ1v) is 6.90. The van der Waals surface area contributed by atoms with E-state index in [4.69, 9.17) is 9.47 Å². The minimum atomic E-state index is -0.864. The quantitative estimate of drug-likeness (QED) is 0.844. The van der Waals surface area contributed by atoms with Crippen LogP contribution in [-0.2, 0) is 9.53 Å². The lowest BCUT2D eigenvalue weighted by Crippen LogP contribution is -2.36. The molecule has 1 amide bonds. The lowest BCUT2D eigenvalue weighted by molar-refractivity contribution is -0.124. The number of amides is 1. The zero-order valence-corrected chi connectivity index (χ0v) is 11.9. The average molecular weight is 295 g/mol. The summed E-state index contributed by atoms with van der Waals surface area (Å²) in [5.41, 5.74) is -0.218. The van der Waals surface area contributed by atoms with Gasteiger partial charge in [0.2, 0.25) is 0 Å². The number of halogens is 1. The van der Waals surface area contributed by atoms with Crippen molar-refractivity contribution in [2.75, 3.05) is 13.7 Å². The number of carbonyl (C=O) groups excluding carboxylic acids is 2. The average Bonchev–Trinajstić information content (AvgIpc) is 2.97. The summed E-state index contributed by atoms with van der Waals surface area (Å²) in [6.07, 6.45) is 4.10. The zero-order chi connectivity index (χ0) is 15.2. The molecule has 1 aromatic rings. The van der Waals surface area contributed by atoms with Crippen LogP contribution >= 0.6 is 0 Å². The molecule has 0 spiro atoms. The van der Waals surface area contributed by atoms with Crippen LogP contribution in [0.1, 0.15) is 36.0 Å². The third-order valence-corrected chi connectivity index (χ3v) is 3.45. The molecule has 0 saturated heterocycles. The first-order valence-electron chi connectivity index (χ1n) is 6.90. The Morgan fingerprint density at radius 3 is 2.67 bits per heavy atom. The van der Waals surface area contributed by atoms with E-state index < -0.39 is 18.4 Å². The van der Waals surface area contributed by atoms with Gasteiger partial charge >= 0.3 is 5.97 Å². The molecule has 0 radical (unpaired) electrons. The second kappa shape index (κ2) is 7.06. The van der Waals surface area contributed by atoms with E-state index in [1.54, 1.807) is 0 Å². The molecule has 0 bridgehead atoms. The molecule has 5 nitrogen and oxygen atoms in total. The molecule has 21 heavy (non-hydrogen) atoms. The summed E-state index contributed by atoms with van der Waals surface area (Å²) in [7, 11) is 1.40. The minimum absolute atomic E-state index is 0.161. The number of methoxy groups -OCH3 is 1. The zero-order valence-electron chi connectivity index (χ0n) is 11.9. The minimum Gasteiger partial charge on any atom is -0.497 e. The largest absolute Gasteiger partial charge is 0.497 e. The summed E-state index contributed by atoms with van der Waals surface area (Å²) >= 11 is 0. The summed E-state index contributed by atoms with van der Waals surface area (Å²) in [5, 5.41) is 2.79. The first-order chi connectivity index (χ1) is 10.1. The molecule has 1 fully saturated rings. The Bertz CT molecular complexity index is 526. The second-order valence-corrected chi connectivity index (χ2v) is 4.97. The number of rotatable bonds is 5. The van der Waals surface area contributed by atoms with Gasteiger partial charge in [0.15, 0.2) is 6.61 Å². The van der Waals surface area contributed by atoms with Gasteiger partial charge in [0.25, 0.3) is 5.91 Å². The van der Waals surface area contributed by atoms with E-state index in [0.717, 1.165) is 31.7 Å². The highest BCUT2D eigenvalue weighted by molar-refractivity contribution is 5.91. The van der Waals surface area contributed by atoms with E-state index in [2.05, 4.69) is 5.32 Å². The predicted octanol–water partition coefficient (Wildman–Crippen LogP) is 2.05. The molecule has 1 aliphatic rings. The third kappa shape index (κ3) is 4.18. The molecule has 1 aromatic carbocycles. The third-order valence-electron chi connectivity index (χ3n) is 3.45. The van der Waals surface area contributed by atoms with Gasteiger partial charge in [0, 0.05) is 12.1 Å². The molecule has 114 valence electrons. The molecule has 0 aromatic heterocycles. The fourth-order valence-corrected chi connectivity index (χ4v) is 2.34. The van der Waals surface area contributed by atoms with Crippen molar-refractivity contribution >= 4 is 11.9 Å². The van der Waals surface area contributed by atoms with E-state index in [1.165, 1.54) is 19.2 Å². The maximum Gasteiger partial charge on any atom is 0.341 e. The van der Waals surface area contributed by atoms with Crippen molar-refractivity contribution in [1.29, 1.82) is 0 Å². The van der Waals surface area contributed by atoms with Crippen LogP contribution in [0.4, 0.5) is 4.39 Å². The topological polar surface area (TPSA) is 64.6 Å². The smallest absolute Gasteiger partial charge is 0.341 e. The predicted molar refractivity (Wildman–Crippen MR) is 73.6 cm³/mol. The van der Waals surface area contributed by atoms with Crippen molar-refractivity contribution in [2.24, 2.45) is 0 Å². The van der Waals surface area contributed by atoms with Gasteiger partial charge in [-0.15, -0.1) is 0 Å². The van der Waals surface area contributed by atoms with Gasteiger partial charge in [-0.2, -0.15) is 0 Å². The molecule has 1 N–H and O–H groups in total. The van der Waals surface area contributed by atoms with E-state index in [-0.39, 0.29) is 17.5 Å². The maximum atomic E-state index is 13.7. The summed E-state index contributed by atoms with van der Waals surface area (Å²) < 4.78 is 23.3. The molecule has 0 heterocycles. The Labute approximate surface area is 122 Å². The Balaban J connectivity index is 1.85. The van der Waals surface area contributed by atoms with Gasteiger partial charge in [0.05, 0.1) is 12.7 Å². The Hall–Kier alpha value is -2.11. The lowest BCUT2D eigenvalue weighted by atomic mass is 10.2. The fourth-order valence-electron chi connectivity index (χ4n) is 2.34. The molecule has 1 aliphatic carbocycles. The lowest BCUT2D eigenvalue weighted by Gasteiger charge is -2.12. The Morgan fingerprint density at radius 1 is 1.33 bits per heavy atom. The van der Waals surface area contributed by atoms with E-state index in [0.29, 0.717) is 5.75 Å². The number of hydrogen-bond acceptors (Lipinski definition) is 4. The van der Waals surface area contributed by atoms with Crippen molar-refractivity contribution < 1.29 is 23.5 Å². The molecule has 2 rings (SSSR count). The SMILES string of the molecule is COc1ccc(C(=O)OCC(=O)NC2CCCC2)c(F)c1. The van der Waals surface area contributed by atoms with Gasteiger partial charge in [0.1, 0.15) is 11.6 Å².